The summed E-state index contributed by atoms with van der Waals surface area (Å²) in [5.74, 6) is -0.860. The first-order chi connectivity index (χ1) is 10.4. The third-order valence-electron chi connectivity index (χ3n) is 2.84. The molecule has 1 fully saturated rings. The minimum absolute atomic E-state index is 0.160. The fourth-order valence-electron chi connectivity index (χ4n) is 1.73. The number of rotatable bonds is 4. The second-order valence-corrected chi connectivity index (χ2v) is 4.71. The van der Waals surface area contributed by atoms with Crippen molar-refractivity contribution in [3.05, 3.63) is 29.8 Å². The van der Waals surface area contributed by atoms with Crippen LogP contribution in [-0.4, -0.2) is 53.0 Å². The zero-order valence-corrected chi connectivity index (χ0v) is 12.0. The van der Waals surface area contributed by atoms with Crippen molar-refractivity contribution in [1.29, 1.82) is 0 Å². The summed E-state index contributed by atoms with van der Waals surface area (Å²) in [5.41, 5.74) is 13.4. The van der Waals surface area contributed by atoms with Crippen molar-refractivity contribution < 1.29 is 19.8 Å². The van der Waals surface area contributed by atoms with Gasteiger partial charge in [-0.2, -0.15) is 0 Å². The Hall–Kier alpha value is -2.36. The number of hydrogen-bond donors (Lipinski definition) is 6. The van der Waals surface area contributed by atoms with Crippen molar-refractivity contribution >= 4 is 12.0 Å². The molecule has 0 radical (unpaired) electrons. The van der Waals surface area contributed by atoms with Gasteiger partial charge in [0.15, 0.2) is 0 Å². The Labute approximate surface area is 127 Å². The average molecular weight is 311 g/mol. The third kappa shape index (κ3) is 6.88. The Kier molecular flexibility index (Phi) is 7.09. The molecule has 1 aromatic rings. The van der Waals surface area contributed by atoms with Crippen molar-refractivity contribution in [2.75, 3.05) is 19.8 Å². The van der Waals surface area contributed by atoms with E-state index in [0.717, 1.165) is 18.7 Å². The highest BCUT2D eigenvalue weighted by molar-refractivity contribution is 5.73. The van der Waals surface area contributed by atoms with Gasteiger partial charge in [-0.25, -0.2) is 9.80 Å². The van der Waals surface area contributed by atoms with E-state index in [1.807, 2.05) is 0 Å². The number of carbonyl (C=O) groups is 2. The monoisotopic (exact) mass is 311 g/mol. The molecule has 1 atom stereocenters. The second kappa shape index (κ2) is 8.82. The molecule has 1 unspecified atom stereocenters. The van der Waals surface area contributed by atoms with Gasteiger partial charge in [0.2, 0.25) is 0 Å². The molecule has 9 nitrogen and oxygen atoms in total. The number of phenols is 1. The molecule has 0 aromatic heterocycles. The smallest absolute Gasteiger partial charge is 0.326 e. The molecule has 0 spiro atoms. The lowest BCUT2D eigenvalue weighted by atomic mass is 10.1. The number of aromatic hydroxyl groups is 1. The lowest BCUT2D eigenvalue weighted by molar-refractivity contribution is -0.138. The molecule has 1 heterocycles. The summed E-state index contributed by atoms with van der Waals surface area (Å²) in [5, 5.41) is 22.2. The highest BCUT2D eigenvalue weighted by Gasteiger charge is 2.11. The lowest BCUT2D eigenvalue weighted by Gasteiger charge is -2.12. The van der Waals surface area contributed by atoms with E-state index >= 15 is 0 Å². The Bertz CT molecular complexity index is 488. The number of nitrogens with zero attached hydrogens (tertiary/aromatic N) is 1. The first kappa shape index (κ1) is 17.7. The Morgan fingerprint density at radius 3 is 2.45 bits per heavy atom. The van der Waals surface area contributed by atoms with Gasteiger partial charge < -0.3 is 27.0 Å². The largest absolute Gasteiger partial charge is 0.508 e. The summed E-state index contributed by atoms with van der Waals surface area (Å²) >= 11 is 0. The molecule has 0 aliphatic carbocycles. The average Bonchev–Trinajstić information content (AvgIpc) is 2.94. The van der Waals surface area contributed by atoms with Gasteiger partial charge in [-0.3, -0.25) is 10.2 Å². The Morgan fingerprint density at radius 2 is 2.00 bits per heavy atom. The van der Waals surface area contributed by atoms with Gasteiger partial charge in [0.1, 0.15) is 11.8 Å². The summed E-state index contributed by atoms with van der Waals surface area (Å²) in [6, 6.07) is 4.92. The van der Waals surface area contributed by atoms with E-state index in [2.05, 4.69) is 10.7 Å². The van der Waals surface area contributed by atoms with E-state index in [0.29, 0.717) is 6.67 Å². The fourth-order valence-corrected chi connectivity index (χ4v) is 1.73. The van der Waals surface area contributed by atoms with Crippen molar-refractivity contribution in [2.24, 2.45) is 11.5 Å². The molecule has 0 saturated carbocycles. The van der Waals surface area contributed by atoms with Crippen molar-refractivity contribution in [3.63, 3.8) is 0 Å². The number of hydrazine groups is 1. The number of nitrogens with two attached hydrogens (primary N) is 2. The topological polar surface area (TPSA) is 154 Å². The predicted molar refractivity (Wildman–Crippen MR) is 79.7 cm³/mol. The first-order valence-electron chi connectivity index (χ1n) is 6.66. The van der Waals surface area contributed by atoms with Crippen molar-refractivity contribution in [2.45, 2.75) is 12.5 Å². The number of amides is 2. The maximum atomic E-state index is 10.4. The summed E-state index contributed by atoms with van der Waals surface area (Å²) in [7, 11) is 0. The number of primary amides is 1. The van der Waals surface area contributed by atoms with Crippen LogP contribution in [-0.2, 0) is 11.2 Å². The minimum Gasteiger partial charge on any atom is -0.508 e. The maximum Gasteiger partial charge on any atom is 0.326 e. The van der Waals surface area contributed by atoms with Gasteiger partial charge in [0.25, 0.3) is 0 Å². The van der Waals surface area contributed by atoms with Crippen LogP contribution in [0.25, 0.3) is 0 Å². The molecule has 22 heavy (non-hydrogen) atoms. The highest BCUT2D eigenvalue weighted by atomic mass is 16.4. The number of benzene rings is 1. The van der Waals surface area contributed by atoms with Crippen LogP contribution in [0.1, 0.15) is 5.56 Å². The van der Waals surface area contributed by atoms with Crippen LogP contribution < -0.4 is 22.2 Å². The number of nitrogens with one attached hydrogen (secondary N) is 2. The van der Waals surface area contributed by atoms with E-state index < -0.39 is 18.0 Å². The van der Waals surface area contributed by atoms with Gasteiger partial charge in [-0.15, -0.1) is 0 Å². The SMILES string of the molecule is NC(=O)NN1CCNC1.NC(Cc1ccc(O)cc1)C(=O)O. The Morgan fingerprint density at radius 1 is 1.36 bits per heavy atom. The van der Waals surface area contributed by atoms with Gasteiger partial charge in [0.05, 0.1) is 6.67 Å². The first-order valence-corrected chi connectivity index (χ1v) is 6.66. The van der Waals surface area contributed by atoms with Crippen LogP contribution >= 0.6 is 0 Å². The normalized spacial score (nSPS) is 15.5. The van der Waals surface area contributed by atoms with Crippen LogP contribution in [0.2, 0.25) is 0 Å². The van der Waals surface area contributed by atoms with E-state index in [1.165, 1.54) is 12.1 Å². The standard InChI is InChI=1S/C9H11NO3.C4H10N4O/c10-8(9(12)13)5-6-1-3-7(11)4-2-6;5-4(9)7-8-2-1-6-3-8/h1-4,8,11H,5,10H2,(H,12,13);6H,1-3H2,(H3,5,7,9). The molecular weight excluding hydrogens is 290 g/mol. The maximum absolute atomic E-state index is 10.4. The van der Waals surface area contributed by atoms with Crippen LogP contribution in [0, 0.1) is 0 Å². The highest BCUT2D eigenvalue weighted by Crippen LogP contribution is 2.10. The molecule has 2 rings (SSSR count). The number of phenolic OH excluding ortho intramolecular Hbond substituents is 1. The summed E-state index contributed by atoms with van der Waals surface area (Å²) in [4.78, 5) is 20.6. The summed E-state index contributed by atoms with van der Waals surface area (Å²) < 4.78 is 0. The minimum atomic E-state index is -1.02. The number of carboxylic acids is 1. The molecule has 1 aromatic carbocycles. The fraction of sp³-hybridized carbons (Fsp3) is 0.385. The molecule has 1 aliphatic rings. The summed E-state index contributed by atoms with van der Waals surface area (Å²) in [6.45, 7) is 2.41. The van der Waals surface area contributed by atoms with E-state index in [9.17, 15) is 9.59 Å². The molecule has 2 amide bonds. The quantitative estimate of drug-likeness (QED) is 0.407. The van der Waals surface area contributed by atoms with Crippen LogP contribution in [0.4, 0.5) is 4.79 Å². The number of carboxylic acid groups (broad SMARTS) is 1. The van der Waals surface area contributed by atoms with Gasteiger partial charge in [-0.1, -0.05) is 12.1 Å². The molecule has 8 N–H and O–H groups in total. The lowest BCUT2D eigenvalue weighted by Crippen LogP contribution is -2.44. The van der Waals surface area contributed by atoms with Crippen LogP contribution in [0.15, 0.2) is 24.3 Å². The predicted octanol–water partition coefficient (Wildman–Crippen LogP) is -1.22. The van der Waals surface area contributed by atoms with Crippen LogP contribution in [0.3, 0.4) is 0 Å². The number of urea groups is 1. The Balaban J connectivity index is 0.000000235. The zero-order valence-electron chi connectivity index (χ0n) is 12.0. The van der Waals surface area contributed by atoms with E-state index in [1.54, 1.807) is 17.1 Å². The van der Waals surface area contributed by atoms with Crippen molar-refractivity contribution in [3.8, 4) is 5.75 Å². The van der Waals surface area contributed by atoms with E-state index in [-0.39, 0.29) is 12.2 Å². The molecule has 122 valence electrons. The number of carbonyl (C=O) groups excluding carboxylic acids is 1. The molecule has 1 aliphatic heterocycles. The second-order valence-electron chi connectivity index (χ2n) is 4.71. The van der Waals surface area contributed by atoms with Gasteiger partial charge in [0, 0.05) is 13.1 Å². The molecule has 1 saturated heterocycles. The molecule has 0 bridgehead atoms. The zero-order chi connectivity index (χ0) is 16.5. The molecule has 9 heteroatoms. The van der Waals surface area contributed by atoms with Crippen LogP contribution in [0.5, 0.6) is 5.75 Å². The molecular formula is C13H21N5O4. The van der Waals surface area contributed by atoms with Crippen molar-refractivity contribution in [1.82, 2.24) is 15.8 Å². The van der Waals surface area contributed by atoms with E-state index in [4.69, 9.17) is 21.7 Å². The number of hydrogen-bond acceptors (Lipinski definition) is 6. The number of aliphatic carboxylic acids is 1. The van der Waals surface area contributed by atoms with Gasteiger partial charge >= 0.3 is 12.0 Å². The third-order valence-corrected chi connectivity index (χ3v) is 2.84. The van der Waals surface area contributed by atoms with Gasteiger partial charge in [-0.05, 0) is 24.1 Å². The summed E-state index contributed by atoms with van der Waals surface area (Å²) in [6.07, 6.45) is 0.273.